The van der Waals surface area contributed by atoms with E-state index >= 15 is 0 Å². The minimum Gasteiger partial charge on any atom is -0.481 e. The highest BCUT2D eigenvalue weighted by Crippen LogP contribution is 2.12. The number of amides is 1. The Balaban J connectivity index is 1.84. The topological polar surface area (TPSA) is 66.4 Å². The van der Waals surface area contributed by atoms with Gasteiger partial charge in [-0.25, -0.2) is 8.78 Å². The molecule has 0 aliphatic rings. The molecule has 4 nitrogen and oxygen atoms in total. The molecule has 2 rings (SSSR count). The van der Waals surface area contributed by atoms with Gasteiger partial charge >= 0.3 is 5.97 Å². The van der Waals surface area contributed by atoms with Gasteiger partial charge in [0.15, 0.2) is 0 Å². The number of carboxylic acid groups (broad SMARTS) is 1. The molecule has 0 radical (unpaired) electrons. The van der Waals surface area contributed by atoms with Crippen molar-refractivity contribution in [2.45, 2.75) is 19.3 Å². The van der Waals surface area contributed by atoms with Crippen LogP contribution in [-0.2, 0) is 22.4 Å². The average Bonchev–Trinajstić information content (AvgIpc) is 2.60. The second-order valence-electron chi connectivity index (χ2n) is 5.76. The second kappa shape index (κ2) is 8.92. The number of hydrogen-bond acceptors (Lipinski definition) is 2. The summed E-state index contributed by atoms with van der Waals surface area (Å²) < 4.78 is 26.6. The van der Waals surface area contributed by atoms with Gasteiger partial charge in [0.2, 0.25) is 5.91 Å². The lowest BCUT2D eigenvalue weighted by Gasteiger charge is -2.13. The van der Waals surface area contributed by atoms with Crippen LogP contribution < -0.4 is 5.32 Å². The molecule has 0 aromatic heterocycles. The van der Waals surface area contributed by atoms with Gasteiger partial charge in [0.25, 0.3) is 0 Å². The number of carbonyl (C=O) groups excluding carboxylic acids is 1. The van der Waals surface area contributed by atoms with Crippen molar-refractivity contribution in [3.8, 4) is 0 Å². The predicted octanol–water partition coefficient (Wildman–Crippen LogP) is 2.96. The maximum Gasteiger partial charge on any atom is 0.308 e. The lowest BCUT2D eigenvalue weighted by atomic mass is 9.99. The van der Waals surface area contributed by atoms with E-state index in [4.69, 9.17) is 0 Å². The number of rotatable bonds is 8. The molecule has 2 aromatic rings. The van der Waals surface area contributed by atoms with Crippen molar-refractivity contribution >= 4 is 11.9 Å². The van der Waals surface area contributed by atoms with Crippen LogP contribution in [0, 0.1) is 17.6 Å². The number of aliphatic carboxylic acids is 1. The molecule has 0 fully saturated rings. The number of aryl methyl sites for hydroxylation is 1. The smallest absolute Gasteiger partial charge is 0.308 e. The van der Waals surface area contributed by atoms with Crippen LogP contribution in [0.25, 0.3) is 0 Å². The van der Waals surface area contributed by atoms with Gasteiger partial charge in [-0.05, 0) is 42.2 Å². The van der Waals surface area contributed by atoms with E-state index in [9.17, 15) is 23.5 Å². The van der Waals surface area contributed by atoms with E-state index < -0.39 is 29.4 Å². The van der Waals surface area contributed by atoms with Crippen LogP contribution >= 0.6 is 0 Å². The van der Waals surface area contributed by atoms with Crippen LogP contribution in [0.2, 0.25) is 0 Å². The quantitative estimate of drug-likeness (QED) is 0.772. The van der Waals surface area contributed by atoms with E-state index in [-0.39, 0.29) is 24.9 Å². The fourth-order valence-corrected chi connectivity index (χ4v) is 2.45. The monoisotopic (exact) mass is 347 g/mol. The van der Waals surface area contributed by atoms with Crippen molar-refractivity contribution in [1.29, 1.82) is 0 Å². The maximum absolute atomic E-state index is 13.5. The Kier molecular flexibility index (Phi) is 6.62. The summed E-state index contributed by atoms with van der Waals surface area (Å²) in [5, 5.41) is 11.8. The molecule has 6 heteroatoms. The summed E-state index contributed by atoms with van der Waals surface area (Å²) in [4.78, 5) is 23.2. The number of benzene rings is 2. The molecule has 2 aromatic carbocycles. The van der Waals surface area contributed by atoms with E-state index in [2.05, 4.69) is 5.32 Å². The standard InChI is InChI=1S/C19H19F2NO3/c20-16-7-8-17(21)14(11-16)6-9-18(23)22-12-15(19(24)25)10-13-4-2-1-3-5-13/h1-5,7-8,11,15H,6,9-10,12H2,(H,22,23)(H,24,25). The molecule has 2 N–H and O–H groups in total. The van der Waals surface area contributed by atoms with Gasteiger partial charge in [-0.15, -0.1) is 0 Å². The van der Waals surface area contributed by atoms with Crippen molar-refractivity contribution in [3.05, 3.63) is 71.3 Å². The zero-order valence-corrected chi connectivity index (χ0v) is 13.5. The van der Waals surface area contributed by atoms with E-state index in [1.165, 1.54) is 0 Å². The molecule has 0 aliphatic heterocycles. The van der Waals surface area contributed by atoms with E-state index in [0.717, 1.165) is 23.8 Å². The highest BCUT2D eigenvalue weighted by molar-refractivity contribution is 5.77. The molecule has 0 spiro atoms. The Morgan fingerprint density at radius 3 is 2.48 bits per heavy atom. The molecule has 1 atom stereocenters. The minimum absolute atomic E-state index is 0.0192. The van der Waals surface area contributed by atoms with Crippen LogP contribution in [0.4, 0.5) is 8.78 Å². The molecule has 0 heterocycles. The molecule has 0 saturated heterocycles. The zero-order valence-electron chi connectivity index (χ0n) is 13.5. The van der Waals surface area contributed by atoms with Crippen LogP contribution in [0.15, 0.2) is 48.5 Å². The number of nitrogens with one attached hydrogen (secondary N) is 1. The van der Waals surface area contributed by atoms with E-state index in [0.29, 0.717) is 6.42 Å². The van der Waals surface area contributed by atoms with Crippen LogP contribution in [0.1, 0.15) is 17.5 Å². The van der Waals surface area contributed by atoms with Crippen molar-refractivity contribution in [1.82, 2.24) is 5.32 Å². The van der Waals surface area contributed by atoms with Gasteiger partial charge in [-0.2, -0.15) is 0 Å². The summed E-state index contributed by atoms with van der Waals surface area (Å²) in [7, 11) is 0. The molecule has 0 aliphatic carbocycles. The summed E-state index contributed by atoms with van der Waals surface area (Å²) in [6, 6.07) is 12.2. The summed E-state index contributed by atoms with van der Waals surface area (Å²) in [5.74, 6) is -3.28. The summed E-state index contributed by atoms with van der Waals surface area (Å²) in [6.07, 6.45) is 0.304. The van der Waals surface area contributed by atoms with Gasteiger partial charge in [0.05, 0.1) is 5.92 Å². The molecule has 1 unspecified atom stereocenters. The van der Waals surface area contributed by atoms with Crippen molar-refractivity contribution < 1.29 is 23.5 Å². The van der Waals surface area contributed by atoms with Crippen molar-refractivity contribution in [2.24, 2.45) is 5.92 Å². The molecule has 0 bridgehead atoms. The summed E-state index contributed by atoms with van der Waals surface area (Å²) in [5.41, 5.74) is 0.986. The Hall–Kier alpha value is -2.76. The maximum atomic E-state index is 13.5. The highest BCUT2D eigenvalue weighted by atomic mass is 19.1. The minimum atomic E-state index is -1.000. The highest BCUT2D eigenvalue weighted by Gasteiger charge is 2.19. The van der Waals surface area contributed by atoms with Crippen molar-refractivity contribution in [3.63, 3.8) is 0 Å². The fourth-order valence-electron chi connectivity index (χ4n) is 2.45. The third-order valence-corrected chi connectivity index (χ3v) is 3.85. The fraction of sp³-hybridized carbons (Fsp3) is 0.263. The zero-order chi connectivity index (χ0) is 18.2. The Morgan fingerprint density at radius 2 is 1.80 bits per heavy atom. The van der Waals surface area contributed by atoms with E-state index in [1.54, 1.807) is 0 Å². The first-order valence-electron chi connectivity index (χ1n) is 7.93. The molecule has 1 amide bonds. The van der Waals surface area contributed by atoms with Crippen molar-refractivity contribution in [2.75, 3.05) is 6.54 Å². The molecule has 0 saturated carbocycles. The lowest BCUT2D eigenvalue weighted by molar-refractivity contribution is -0.141. The predicted molar refractivity (Wildman–Crippen MR) is 89.0 cm³/mol. The third-order valence-electron chi connectivity index (χ3n) is 3.85. The Morgan fingerprint density at radius 1 is 1.08 bits per heavy atom. The summed E-state index contributed by atoms with van der Waals surface area (Å²) >= 11 is 0. The SMILES string of the molecule is O=C(CCc1cc(F)ccc1F)NCC(Cc1ccccc1)C(=O)O. The molecular formula is C19H19F2NO3. The number of carbonyl (C=O) groups is 2. The van der Waals surface area contributed by atoms with Gasteiger partial charge in [0, 0.05) is 13.0 Å². The first-order valence-corrected chi connectivity index (χ1v) is 7.93. The first kappa shape index (κ1) is 18.6. The number of halogens is 2. The molecular weight excluding hydrogens is 328 g/mol. The Bertz CT molecular complexity index is 735. The normalized spacial score (nSPS) is 11.8. The summed E-state index contributed by atoms with van der Waals surface area (Å²) in [6.45, 7) is -0.0192. The van der Waals surface area contributed by atoms with Gasteiger partial charge < -0.3 is 10.4 Å². The van der Waals surface area contributed by atoms with E-state index in [1.807, 2.05) is 30.3 Å². The van der Waals surface area contributed by atoms with Crippen LogP contribution in [-0.4, -0.2) is 23.5 Å². The van der Waals surface area contributed by atoms with Crippen LogP contribution in [0.5, 0.6) is 0 Å². The molecule has 25 heavy (non-hydrogen) atoms. The largest absolute Gasteiger partial charge is 0.481 e. The first-order chi connectivity index (χ1) is 12.0. The Labute approximate surface area is 144 Å². The third kappa shape index (κ3) is 5.99. The van der Waals surface area contributed by atoms with Gasteiger partial charge in [-0.3, -0.25) is 9.59 Å². The lowest BCUT2D eigenvalue weighted by Crippen LogP contribution is -2.34. The molecule has 132 valence electrons. The van der Waals surface area contributed by atoms with Gasteiger partial charge in [0.1, 0.15) is 11.6 Å². The number of carboxylic acids is 1. The van der Waals surface area contributed by atoms with Gasteiger partial charge in [-0.1, -0.05) is 30.3 Å². The average molecular weight is 347 g/mol. The van der Waals surface area contributed by atoms with Crippen LogP contribution in [0.3, 0.4) is 0 Å². The number of hydrogen-bond donors (Lipinski definition) is 2. The second-order valence-corrected chi connectivity index (χ2v) is 5.76.